The molecule has 0 aliphatic carbocycles. The van der Waals surface area contributed by atoms with Crippen LogP contribution in [0.4, 0.5) is 10.1 Å². The number of nitrogens with zero attached hydrogens (tertiary/aromatic N) is 1. The van der Waals surface area contributed by atoms with E-state index in [-0.39, 0.29) is 17.7 Å². The monoisotopic (exact) mass is 353 g/mol. The predicted octanol–water partition coefficient (Wildman–Crippen LogP) is 2.49. The van der Waals surface area contributed by atoms with Gasteiger partial charge in [-0.2, -0.15) is 0 Å². The molecule has 0 unspecified atom stereocenters. The zero-order valence-corrected chi connectivity index (χ0v) is 13.2. The van der Waals surface area contributed by atoms with Crippen LogP contribution in [-0.4, -0.2) is 25.6 Å². The molecule has 0 aliphatic rings. The molecule has 9 heteroatoms. The maximum absolute atomic E-state index is 13.4. The number of rotatable bonds is 5. The van der Waals surface area contributed by atoms with E-state index in [9.17, 15) is 27.7 Å². The van der Waals surface area contributed by atoms with E-state index in [0.717, 1.165) is 24.5 Å². The maximum Gasteiger partial charge on any atom is 0.338 e. The van der Waals surface area contributed by atoms with Crippen molar-refractivity contribution < 1.29 is 27.3 Å². The van der Waals surface area contributed by atoms with E-state index in [2.05, 4.69) is 0 Å². The Morgan fingerprint density at radius 3 is 2.50 bits per heavy atom. The molecule has 0 N–H and O–H groups in total. The third-order valence-corrected chi connectivity index (χ3v) is 4.25. The van der Waals surface area contributed by atoms with Gasteiger partial charge in [-0.1, -0.05) is 18.2 Å². The molecule has 0 amide bonds. The van der Waals surface area contributed by atoms with Crippen LogP contribution in [0, 0.1) is 15.9 Å². The number of carbonyl (C=O) groups excluding carboxylic acids is 1. The van der Waals surface area contributed by atoms with Gasteiger partial charge in [0.05, 0.1) is 10.5 Å². The summed E-state index contributed by atoms with van der Waals surface area (Å²) in [5, 5.41) is 11.0. The van der Waals surface area contributed by atoms with E-state index in [4.69, 9.17) is 4.74 Å². The number of nitro groups is 1. The molecule has 0 bridgehead atoms. The van der Waals surface area contributed by atoms with Crippen molar-refractivity contribution in [2.45, 2.75) is 11.5 Å². The molecule has 0 aromatic heterocycles. The molecule has 0 atom stereocenters. The Bertz CT molecular complexity index is 910. The first-order chi connectivity index (χ1) is 11.2. The van der Waals surface area contributed by atoms with Crippen LogP contribution in [0.25, 0.3) is 0 Å². The first kappa shape index (κ1) is 17.5. The average Bonchev–Trinajstić information content (AvgIpc) is 2.52. The minimum absolute atomic E-state index is 0.146. The average molecular weight is 353 g/mol. The molecule has 2 aromatic carbocycles. The topological polar surface area (TPSA) is 104 Å². The van der Waals surface area contributed by atoms with Crippen molar-refractivity contribution >= 4 is 21.5 Å². The van der Waals surface area contributed by atoms with Crippen LogP contribution in [0.2, 0.25) is 0 Å². The quantitative estimate of drug-likeness (QED) is 0.465. The maximum atomic E-state index is 13.4. The molecule has 24 heavy (non-hydrogen) atoms. The lowest BCUT2D eigenvalue weighted by Crippen LogP contribution is -2.09. The molecule has 7 nitrogen and oxygen atoms in total. The first-order valence-corrected chi connectivity index (χ1v) is 8.48. The van der Waals surface area contributed by atoms with Gasteiger partial charge in [0, 0.05) is 17.9 Å². The summed E-state index contributed by atoms with van der Waals surface area (Å²) in [7, 11) is -3.83. The predicted molar refractivity (Wildman–Crippen MR) is 81.7 cm³/mol. The van der Waals surface area contributed by atoms with Crippen molar-refractivity contribution in [3.05, 3.63) is 69.5 Å². The number of hydrogen-bond donors (Lipinski definition) is 0. The van der Waals surface area contributed by atoms with Gasteiger partial charge in [-0.15, -0.1) is 0 Å². The molecule has 0 heterocycles. The molecular weight excluding hydrogens is 341 g/mol. The van der Waals surface area contributed by atoms with Gasteiger partial charge in [0.15, 0.2) is 9.84 Å². The molecule has 0 spiro atoms. The van der Waals surface area contributed by atoms with Crippen molar-refractivity contribution in [1.82, 2.24) is 0 Å². The van der Waals surface area contributed by atoms with E-state index < -0.39 is 37.1 Å². The van der Waals surface area contributed by atoms with Crippen LogP contribution in [0.15, 0.2) is 47.4 Å². The Labute approximate surface area is 136 Å². The fourth-order valence-corrected chi connectivity index (χ4v) is 2.77. The van der Waals surface area contributed by atoms with Gasteiger partial charge in [0.2, 0.25) is 0 Å². The van der Waals surface area contributed by atoms with Gasteiger partial charge in [0.25, 0.3) is 5.69 Å². The van der Waals surface area contributed by atoms with Crippen molar-refractivity contribution in [3.63, 3.8) is 0 Å². The van der Waals surface area contributed by atoms with Crippen LogP contribution >= 0.6 is 0 Å². The Balaban J connectivity index is 2.26. The van der Waals surface area contributed by atoms with Crippen molar-refractivity contribution in [1.29, 1.82) is 0 Å². The molecule has 0 fully saturated rings. The largest absolute Gasteiger partial charge is 0.457 e. The second kappa shape index (κ2) is 6.75. The van der Waals surface area contributed by atoms with E-state index >= 15 is 0 Å². The number of benzene rings is 2. The lowest BCUT2D eigenvalue weighted by Gasteiger charge is -2.07. The van der Waals surface area contributed by atoms with Crippen LogP contribution in [-0.2, 0) is 21.2 Å². The van der Waals surface area contributed by atoms with E-state index in [1.54, 1.807) is 6.07 Å². The molecule has 2 aromatic rings. The second-order valence-corrected chi connectivity index (χ2v) is 6.86. The number of halogens is 1. The molecular formula is C15H12FNO6S. The van der Waals surface area contributed by atoms with Crippen LogP contribution < -0.4 is 0 Å². The van der Waals surface area contributed by atoms with Crippen LogP contribution in [0.1, 0.15) is 15.9 Å². The summed E-state index contributed by atoms with van der Waals surface area (Å²) in [6.45, 7) is -0.354. The molecule has 0 saturated carbocycles. The zero-order valence-electron chi connectivity index (χ0n) is 12.4. The summed E-state index contributed by atoms with van der Waals surface area (Å²) in [6.07, 6.45) is 0.825. The van der Waals surface area contributed by atoms with Crippen LogP contribution in [0.3, 0.4) is 0 Å². The van der Waals surface area contributed by atoms with Crippen LogP contribution in [0.5, 0.6) is 0 Å². The van der Waals surface area contributed by atoms with Gasteiger partial charge in [-0.25, -0.2) is 17.6 Å². The van der Waals surface area contributed by atoms with E-state index in [1.165, 1.54) is 18.2 Å². The fourth-order valence-electron chi connectivity index (χ4n) is 1.94. The van der Waals surface area contributed by atoms with E-state index in [1.807, 2.05) is 0 Å². The van der Waals surface area contributed by atoms with Gasteiger partial charge in [-0.3, -0.25) is 10.1 Å². The SMILES string of the molecule is CS(=O)(=O)c1ccc(C(=O)OCc2ccccc2F)cc1[N+](=O)[O-]. The standard InChI is InChI=1S/C15H12FNO6S/c1-24(21,22)14-7-6-10(8-13(14)17(19)20)15(18)23-9-11-4-2-3-5-12(11)16/h2-8H,9H2,1H3. The highest BCUT2D eigenvalue weighted by Crippen LogP contribution is 2.25. The second-order valence-electron chi connectivity index (χ2n) is 4.88. The van der Waals surface area contributed by atoms with Gasteiger partial charge >= 0.3 is 5.97 Å². The number of sulfone groups is 1. The summed E-state index contributed by atoms with van der Waals surface area (Å²) in [4.78, 5) is 21.6. The summed E-state index contributed by atoms with van der Waals surface area (Å²) in [5.74, 6) is -1.48. The Morgan fingerprint density at radius 1 is 1.25 bits per heavy atom. The normalized spacial score (nSPS) is 11.1. The number of hydrogen-bond acceptors (Lipinski definition) is 6. The van der Waals surface area contributed by atoms with Gasteiger partial charge < -0.3 is 4.74 Å². The zero-order chi connectivity index (χ0) is 17.9. The number of nitro benzene ring substituents is 1. The molecule has 0 saturated heterocycles. The molecule has 126 valence electrons. The van der Waals surface area contributed by atoms with Gasteiger partial charge in [0.1, 0.15) is 17.3 Å². The summed E-state index contributed by atoms with van der Waals surface area (Å²) in [5.41, 5.74) is -0.781. The Kier molecular flexibility index (Phi) is 4.93. The highest BCUT2D eigenvalue weighted by Gasteiger charge is 2.24. The van der Waals surface area contributed by atoms with Crippen molar-refractivity contribution in [3.8, 4) is 0 Å². The minimum atomic E-state index is -3.83. The van der Waals surface area contributed by atoms with Crippen molar-refractivity contribution in [2.24, 2.45) is 0 Å². The molecule has 0 radical (unpaired) electrons. The Hall–Kier alpha value is -2.81. The lowest BCUT2D eigenvalue weighted by molar-refractivity contribution is -0.387. The first-order valence-electron chi connectivity index (χ1n) is 6.59. The van der Waals surface area contributed by atoms with E-state index in [0.29, 0.717) is 0 Å². The lowest BCUT2D eigenvalue weighted by atomic mass is 10.2. The van der Waals surface area contributed by atoms with Crippen molar-refractivity contribution in [2.75, 3.05) is 6.26 Å². The highest BCUT2D eigenvalue weighted by molar-refractivity contribution is 7.90. The number of carbonyl (C=O) groups is 1. The smallest absolute Gasteiger partial charge is 0.338 e. The highest BCUT2D eigenvalue weighted by atomic mass is 32.2. The Morgan fingerprint density at radius 2 is 1.92 bits per heavy atom. The fraction of sp³-hybridized carbons (Fsp3) is 0.133. The molecule has 2 rings (SSSR count). The summed E-state index contributed by atoms with van der Waals surface area (Å²) in [6, 6.07) is 8.57. The third kappa shape index (κ3) is 3.93. The third-order valence-electron chi connectivity index (χ3n) is 3.11. The number of ether oxygens (including phenoxy) is 1. The summed E-state index contributed by atoms with van der Waals surface area (Å²) >= 11 is 0. The molecule has 0 aliphatic heterocycles. The summed E-state index contributed by atoms with van der Waals surface area (Å²) < 4.78 is 41.4. The number of esters is 1. The minimum Gasteiger partial charge on any atom is -0.457 e. The van der Waals surface area contributed by atoms with Gasteiger partial charge in [-0.05, 0) is 18.2 Å².